The molecule has 0 amide bonds. The van der Waals surface area contributed by atoms with Crippen LogP contribution in [-0.2, 0) is 4.74 Å². The Balaban J connectivity index is 2.31. The number of hydrogen-bond donors (Lipinski definition) is 1. The zero-order valence-corrected chi connectivity index (χ0v) is 12.3. The summed E-state index contributed by atoms with van der Waals surface area (Å²) in [7, 11) is 0. The van der Waals surface area contributed by atoms with E-state index in [0.717, 1.165) is 30.9 Å². The second-order valence-electron chi connectivity index (χ2n) is 6.34. The molecule has 0 heterocycles. The standard InChI is InChI=1S/C15H31NO/c1-11(2)14-7-6-13(5)10-15(14)17-9-8-16-12(3)4/h11-16H,6-10H2,1-5H3. The van der Waals surface area contributed by atoms with Crippen LogP contribution in [0.4, 0.5) is 0 Å². The first-order chi connectivity index (χ1) is 8.00. The van der Waals surface area contributed by atoms with Gasteiger partial charge in [0.2, 0.25) is 0 Å². The van der Waals surface area contributed by atoms with Crippen LogP contribution in [0.3, 0.4) is 0 Å². The van der Waals surface area contributed by atoms with Gasteiger partial charge in [-0.25, -0.2) is 0 Å². The summed E-state index contributed by atoms with van der Waals surface area (Å²) < 4.78 is 6.12. The van der Waals surface area contributed by atoms with Gasteiger partial charge in [0, 0.05) is 12.6 Å². The van der Waals surface area contributed by atoms with Crippen LogP contribution in [0.1, 0.15) is 53.9 Å². The van der Waals surface area contributed by atoms with Crippen molar-refractivity contribution in [2.24, 2.45) is 17.8 Å². The third-order valence-corrected chi connectivity index (χ3v) is 3.95. The van der Waals surface area contributed by atoms with Gasteiger partial charge in [-0.1, -0.05) is 41.0 Å². The molecule has 1 rings (SSSR count). The third kappa shape index (κ3) is 5.39. The Morgan fingerprint density at radius 1 is 1.18 bits per heavy atom. The average molecular weight is 241 g/mol. The van der Waals surface area contributed by atoms with Crippen molar-refractivity contribution in [2.45, 2.75) is 66.0 Å². The largest absolute Gasteiger partial charge is 0.377 e. The minimum Gasteiger partial charge on any atom is -0.377 e. The van der Waals surface area contributed by atoms with Gasteiger partial charge in [0.25, 0.3) is 0 Å². The molecule has 0 saturated heterocycles. The summed E-state index contributed by atoms with van der Waals surface area (Å²) in [6.07, 6.45) is 4.48. The molecule has 1 fully saturated rings. The van der Waals surface area contributed by atoms with Gasteiger partial charge in [0.05, 0.1) is 12.7 Å². The minimum atomic E-state index is 0.493. The summed E-state index contributed by atoms with van der Waals surface area (Å²) >= 11 is 0. The Labute approximate surface area is 108 Å². The lowest BCUT2D eigenvalue weighted by Gasteiger charge is -2.37. The van der Waals surface area contributed by atoms with E-state index < -0.39 is 0 Å². The maximum Gasteiger partial charge on any atom is 0.0608 e. The van der Waals surface area contributed by atoms with Crippen LogP contribution in [0, 0.1) is 17.8 Å². The van der Waals surface area contributed by atoms with E-state index in [9.17, 15) is 0 Å². The van der Waals surface area contributed by atoms with Gasteiger partial charge in [-0.05, 0) is 30.6 Å². The van der Waals surface area contributed by atoms with Crippen molar-refractivity contribution in [1.29, 1.82) is 0 Å². The molecule has 102 valence electrons. The van der Waals surface area contributed by atoms with Crippen molar-refractivity contribution in [1.82, 2.24) is 5.32 Å². The molecule has 0 aromatic rings. The predicted octanol–water partition coefficient (Wildman–Crippen LogP) is 3.46. The second kappa shape index (κ2) is 7.38. The highest BCUT2D eigenvalue weighted by molar-refractivity contribution is 4.81. The lowest BCUT2D eigenvalue weighted by atomic mass is 9.75. The molecule has 0 radical (unpaired) electrons. The minimum absolute atomic E-state index is 0.493. The quantitative estimate of drug-likeness (QED) is 0.719. The molecule has 17 heavy (non-hydrogen) atoms. The smallest absolute Gasteiger partial charge is 0.0608 e. The first-order valence-electron chi connectivity index (χ1n) is 7.35. The summed E-state index contributed by atoms with van der Waals surface area (Å²) in [6, 6.07) is 0.560. The number of hydrogen-bond acceptors (Lipinski definition) is 2. The molecule has 1 N–H and O–H groups in total. The van der Waals surface area contributed by atoms with Crippen LogP contribution in [0.5, 0.6) is 0 Å². The lowest BCUT2D eigenvalue weighted by Crippen LogP contribution is -2.36. The van der Waals surface area contributed by atoms with Gasteiger partial charge >= 0.3 is 0 Å². The highest BCUT2D eigenvalue weighted by Crippen LogP contribution is 2.35. The van der Waals surface area contributed by atoms with Crippen molar-refractivity contribution >= 4 is 0 Å². The summed E-state index contributed by atoms with van der Waals surface area (Å²) in [4.78, 5) is 0. The molecule has 0 aromatic carbocycles. The van der Waals surface area contributed by atoms with Crippen LogP contribution in [0.25, 0.3) is 0 Å². The SMILES string of the molecule is CC1CCC(C(C)C)C(OCCNC(C)C)C1. The van der Waals surface area contributed by atoms with E-state index >= 15 is 0 Å². The highest BCUT2D eigenvalue weighted by atomic mass is 16.5. The predicted molar refractivity (Wildman–Crippen MR) is 74.2 cm³/mol. The monoisotopic (exact) mass is 241 g/mol. The molecule has 2 heteroatoms. The van der Waals surface area contributed by atoms with Crippen LogP contribution in [0.2, 0.25) is 0 Å². The third-order valence-electron chi connectivity index (χ3n) is 3.95. The Bertz CT molecular complexity index is 203. The van der Waals surface area contributed by atoms with Crippen LogP contribution < -0.4 is 5.32 Å². The van der Waals surface area contributed by atoms with E-state index in [0.29, 0.717) is 12.1 Å². The number of ether oxygens (including phenoxy) is 1. The molecule has 1 saturated carbocycles. The Morgan fingerprint density at radius 3 is 2.47 bits per heavy atom. The van der Waals surface area contributed by atoms with Gasteiger partial charge in [0.1, 0.15) is 0 Å². The van der Waals surface area contributed by atoms with Gasteiger partial charge in [0.15, 0.2) is 0 Å². The van der Waals surface area contributed by atoms with Crippen LogP contribution >= 0.6 is 0 Å². The van der Waals surface area contributed by atoms with Crippen molar-refractivity contribution < 1.29 is 4.74 Å². The Kier molecular flexibility index (Phi) is 6.50. The Hall–Kier alpha value is -0.0800. The van der Waals surface area contributed by atoms with Crippen LogP contribution in [0.15, 0.2) is 0 Å². The topological polar surface area (TPSA) is 21.3 Å². The first kappa shape index (κ1) is 15.0. The average Bonchev–Trinajstić information content (AvgIpc) is 2.23. The van der Waals surface area contributed by atoms with E-state index in [2.05, 4.69) is 39.9 Å². The van der Waals surface area contributed by atoms with E-state index in [-0.39, 0.29) is 0 Å². The highest BCUT2D eigenvalue weighted by Gasteiger charge is 2.31. The fourth-order valence-electron chi connectivity index (χ4n) is 2.86. The molecule has 3 unspecified atom stereocenters. The summed E-state index contributed by atoms with van der Waals surface area (Å²) in [6.45, 7) is 13.2. The molecule has 0 bridgehead atoms. The molecular formula is C15H31NO. The molecular weight excluding hydrogens is 210 g/mol. The normalized spacial score (nSPS) is 30.2. The maximum atomic E-state index is 6.12. The zero-order chi connectivity index (χ0) is 12.8. The van der Waals surface area contributed by atoms with Gasteiger partial charge < -0.3 is 10.1 Å². The van der Waals surface area contributed by atoms with Crippen molar-refractivity contribution in [3.8, 4) is 0 Å². The van der Waals surface area contributed by atoms with Crippen LogP contribution in [-0.4, -0.2) is 25.3 Å². The molecule has 0 aliphatic heterocycles. The first-order valence-corrected chi connectivity index (χ1v) is 7.35. The molecule has 1 aliphatic carbocycles. The molecule has 3 atom stereocenters. The van der Waals surface area contributed by atoms with Gasteiger partial charge in [-0.15, -0.1) is 0 Å². The lowest BCUT2D eigenvalue weighted by molar-refractivity contribution is -0.0370. The van der Waals surface area contributed by atoms with Crippen molar-refractivity contribution in [2.75, 3.05) is 13.2 Å². The van der Waals surface area contributed by atoms with E-state index in [1.54, 1.807) is 0 Å². The van der Waals surface area contributed by atoms with E-state index in [1.165, 1.54) is 19.3 Å². The molecule has 0 spiro atoms. The zero-order valence-electron chi connectivity index (χ0n) is 12.3. The van der Waals surface area contributed by atoms with Crippen molar-refractivity contribution in [3.63, 3.8) is 0 Å². The molecule has 0 aromatic heterocycles. The Morgan fingerprint density at radius 2 is 1.88 bits per heavy atom. The van der Waals surface area contributed by atoms with E-state index in [4.69, 9.17) is 4.74 Å². The van der Waals surface area contributed by atoms with Crippen molar-refractivity contribution in [3.05, 3.63) is 0 Å². The fraction of sp³-hybridized carbons (Fsp3) is 1.00. The number of rotatable bonds is 6. The van der Waals surface area contributed by atoms with Gasteiger partial charge in [-0.2, -0.15) is 0 Å². The second-order valence-corrected chi connectivity index (χ2v) is 6.34. The fourth-order valence-corrected chi connectivity index (χ4v) is 2.86. The van der Waals surface area contributed by atoms with E-state index in [1.807, 2.05) is 0 Å². The summed E-state index contributed by atoms with van der Waals surface area (Å²) in [5, 5.41) is 3.42. The number of nitrogens with one attached hydrogen (secondary N) is 1. The van der Waals surface area contributed by atoms with Gasteiger partial charge in [-0.3, -0.25) is 0 Å². The molecule has 2 nitrogen and oxygen atoms in total. The molecule has 1 aliphatic rings. The summed E-state index contributed by atoms with van der Waals surface area (Å²) in [5.74, 6) is 2.36. The summed E-state index contributed by atoms with van der Waals surface area (Å²) in [5.41, 5.74) is 0. The maximum absolute atomic E-state index is 6.12.